The smallest absolute Gasteiger partial charge is 0.266 e. The van der Waals surface area contributed by atoms with Gasteiger partial charge < -0.3 is 4.42 Å². The summed E-state index contributed by atoms with van der Waals surface area (Å²) in [5.74, 6) is 0.783. The first-order valence-corrected chi connectivity index (χ1v) is 7.04. The van der Waals surface area contributed by atoms with Gasteiger partial charge in [-0.05, 0) is 49.9 Å². The molecule has 0 atom stereocenters. The van der Waals surface area contributed by atoms with Crippen molar-refractivity contribution in [3.63, 3.8) is 0 Å². The minimum atomic E-state index is 0.0174. The molecule has 0 saturated carbocycles. The van der Waals surface area contributed by atoms with Crippen LogP contribution in [0.25, 0.3) is 6.08 Å². The van der Waals surface area contributed by atoms with E-state index < -0.39 is 0 Å². The maximum Gasteiger partial charge on any atom is 0.266 e. The summed E-state index contributed by atoms with van der Waals surface area (Å²) in [6, 6.07) is 3.69. The van der Waals surface area contributed by atoms with Crippen molar-refractivity contribution in [2.24, 2.45) is 4.99 Å². The molecule has 0 unspecified atom stereocenters. The lowest BCUT2D eigenvalue weighted by molar-refractivity contribution is -0.122. The number of hydrogen-bond acceptors (Lipinski definition) is 4. The predicted molar refractivity (Wildman–Crippen MR) is 78.8 cm³/mol. The van der Waals surface area contributed by atoms with Crippen molar-refractivity contribution in [2.75, 3.05) is 13.1 Å². The molecule has 1 aliphatic rings. The molecule has 0 N–H and O–H groups in total. The van der Waals surface area contributed by atoms with Gasteiger partial charge in [-0.1, -0.05) is 6.08 Å². The topological polar surface area (TPSA) is 45.8 Å². The first-order valence-electron chi connectivity index (χ1n) is 6.22. The summed E-state index contributed by atoms with van der Waals surface area (Å²) in [5, 5.41) is 0.785. The van der Waals surface area contributed by atoms with Crippen LogP contribution < -0.4 is 0 Å². The van der Waals surface area contributed by atoms with Crippen LogP contribution in [0, 0.1) is 0 Å². The highest BCUT2D eigenvalue weighted by Crippen LogP contribution is 2.30. The van der Waals surface area contributed by atoms with E-state index in [0.717, 1.165) is 10.9 Å². The maximum atomic E-state index is 12.1. The standard InChI is InChI=1S/C14H16N2O2S/c1-3-15-14-16(4-2)13(17)12(19-14)9-5-7-11-8-6-10-18-11/h5-10H,3-4H2,1-2H3/b7-5+,12-9-,15-14?. The summed E-state index contributed by atoms with van der Waals surface area (Å²) in [6.07, 6.45) is 7.07. The van der Waals surface area contributed by atoms with Gasteiger partial charge in [0.05, 0.1) is 11.2 Å². The van der Waals surface area contributed by atoms with E-state index in [1.807, 2.05) is 38.1 Å². The molecule has 1 saturated heterocycles. The van der Waals surface area contributed by atoms with E-state index in [1.54, 1.807) is 17.2 Å². The van der Waals surface area contributed by atoms with Gasteiger partial charge in [0, 0.05) is 13.1 Å². The van der Waals surface area contributed by atoms with E-state index >= 15 is 0 Å². The fraction of sp³-hybridized carbons (Fsp3) is 0.286. The van der Waals surface area contributed by atoms with E-state index in [9.17, 15) is 4.79 Å². The monoisotopic (exact) mass is 276 g/mol. The molecule has 0 aromatic carbocycles. The Labute approximate surface area is 116 Å². The number of amides is 1. The van der Waals surface area contributed by atoms with Crippen LogP contribution in [0.2, 0.25) is 0 Å². The van der Waals surface area contributed by atoms with Gasteiger partial charge in [0.25, 0.3) is 5.91 Å². The second-order valence-corrected chi connectivity index (χ2v) is 4.82. The van der Waals surface area contributed by atoms with Crippen molar-refractivity contribution in [2.45, 2.75) is 13.8 Å². The van der Waals surface area contributed by atoms with Crippen molar-refractivity contribution in [3.05, 3.63) is 41.2 Å². The zero-order chi connectivity index (χ0) is 13.7. The summed E-state index contributed by atoms with van der Waals surface area (Å²) in [7, 11) is 0. The molecule has 0 radical (unpaired) electrons. The highest BCUT2D eigenvalue weighted by molar-refractivity contribution is 8.18. The molecule has 1 fully saturated rings. The molecule has 1 aromatic heterocycles. The summed E-state index contributed by atoms with van der Waals surface area (Å²) in [4.78, 5) is 18.8. The average Bonchev–Trinajstić information content (AvgIpc) is 3.00. The van der Waals surface area contributed by atoms with Crippen molar-refractivity contribution in [1.82, 2.24) is 4.90 Å². The molecule has 0 spiro atoms. The van der Waals surface area contributed by atoms with Crippen LogP contribution in [0.3, 0.4) is 0 Å². The van der Waals surface area contributed by atoms with Gasteiger partial charge in [0.1, 0.15) is 5.76 Å². The third kappa shape index (κ3) is 3.17. The Hall–Kier alpha value is -1.75. The largest absolute Gasteiger partial charge is 0.465 e. The van der Waals surface area contributed by atoms with Gasteiger partial charge in [-0.2, -0.15) is 0 Å². The second-order valence-electron chi connectivity index (χ2n) is 3.81. The van der Waals surface area contributed by atoms with E-state index in [1.165, 1.54) is 11.8 Å². The van der Waals surface area contributed by atoms with Crippen LogP contribution >= 0.6 is 11.8 Å². The van der Waals surface area contributed by atoms with Gasteiger partial charge in [-0.15, -0.1) is 0 Å². The molecule has 100 valence electrons. The van der Waals surface area contributed by atoms with Crippen molar-refractivity contribution in [3.8, 4) is 0 Å². The van der Waals surface area contributed by atoms with Gasteiger partial charge in [-0.3, -0.25) is 14.7 Å². The van der Waals surface area contributed by atoms with Crippen molar-refractivity contribution < 1.29 is 9.21 Å². The lowest BCUT2D eigenvalue weighted by Gasteiger charge is -2.11. The lowest BCUT2D eigenvalue weighted by atomic mass is 10.3. The summed E-state index contributed by atoms with van der Waals surface area (Å²) < 4.78 is 5.19. The minimum Gasteiger partial charge on any atom is -0.465 e. The van der Waals surface area contributed by atoms with Crippen molar-refractivity contribution in [1.29, 1.82) is 0 Å². The fourth-order valence-electron chi connectivity index (χ4n) is 1.67. The van der Waals surface area contributed by atoms with Crippen LogP contribution in [-0.4, -0.2) is 29.1 Å². The molecule has 0 bridgehead atoms. The summed E-state index contributed by atoms with van der Waals surface area (Å²) >= 11 is 1.42. The fourth-order valence-corrected chi connectivity index (χ4v) is 2.73. The lowest BCUT2D eigenvalue weighted by Crippen LogP contribution is -2.28. The molecular weight excluding hydrogens is 260 g/mol. The van der Waals surface area contributed by atoms with E-state index in [0.29, 0.717) is 18.0 Å². The first kappa shape index (κ1) is 13.7. The molecule has 1 amide bonds. The number of carbonyl (C=O) groups excluding carboxylic acids is 1. The molecular formula is C14H16N2O2S. The summed E-state index contributed by atoms with van der Waals surface area (Å²) in [5.41, 5.74) is 0. The zero-order valence-electron chi connectivity index (χ0n) is 11.0. The number of hydrogen-bond donors (Lipinski definition) is 0. The van der Waals surface area contributed by atoms with E-state index in [4.69, 9.17) is 4.42 Å². The summed E-state index contributed by atoms with van der Waals surface area (Å²) in [6.45, 7) is 5.24. The molecule has 2 heterocycles. The molecule has 5 heteroatoms. The van der Waals surface area contributed by atoms with Crippen LogP contribution in [0.15, 0.2) is 44.9 Å². The Kier molecular flexibility index (Phi) is 4.63. The number of nitrogens with zero attached hydrogens (tertiary/aromatic N) is 2. The first-order chi connectivity index (χ1) is 9.26. The minimum absolute atomic E-state index is 0.0174. The van der Waals surface area contributed by atoms with E-state index in [2.05, 4.69) is 4.99 Å². The van der Waals surface area contributed by atoms with Gasteiger partial charge in [-0.25, -0.2) is 0 Å². The Morgan fingerprint density at radius 1 is 1.47 bits per heavy atom. The van der Waals surface area contributed by atoms with Gasteiger partial charge >= 0.3 is 0 Å². The van der Waals surface area contributed by atoms with Crippen LogP contribution in [-0.2, 0) is 4.79 Å². The van der Waals surface area contributed by atoms with Crippen molar-refractivity contribution >= 4 is 28.9 Å². The number of thioether (sulfide) groups is 1. The molecule has 1 aromatic rings. The number of rotatable bonds is 4. The number of allylic oxidation sites excluding steroid dienone is 2. The Balaban J connectivity index is 2.13. The number of aliphatic imine (C=N–C) groups is 1. The normalized spacial score (nSPS) is 20.3. The third-order valence-corrected chi connectivity index (χ3v) is 3.61. The highest BCUT2D eigenvalue weighted by Gasteiger charge is 2.31. The Morgan fingerprint density at radius 2 is 2.32 bits per heavy atom. The van der Waals surface area contributed by atoms with Gasteiger partial charge in [0.15, 0.2) is 5.17 Å². The zero-order valence-corrected chi connectivity index (χ0v) is 11.8. The maximum absolute atomic E-state index is 12.1. The van der Waals surface area contributed by atoms with Crippen LogP contribution in [0.4, 0.5) is 0 Å². The Bertz CT molecular complexity index is 530. The molecule has 4 nitrogen and oxygen atoms in total. The number of furan rings is 1. The number of likely N-dealkylation sites (N-methyl/N-ethyl adjacent to an activating group) is 1. The predicted octanol–water partition coefficient (Wildman–Crippen LogP) is 3.15. The Morgan fingerprint density at radius 3 is 2.95 bits per heavy atom. The average molecular weight is 276 g/mol. The quantitative estimate of drug-likeness (QED) is 0.794. The SMILES string of the molecule is CCN=C1S/C(=C\C=C\c2ccco2)C(=O)N1CC. The van der Waals surface area contributed by atoms with Crippen LogP contribution in [0.1, 0.15) is 19.6 Å². The second kappa shape index (κ2) is 6.43. The highest BCUT2D eigenvalue weighted by atomic mass is 32.2. The molecule has 1 aliphatic heterocycles. The van der Waals surface area contributed by atoms with E-state index in [-0.39, 0.29) is 5.91 Å². The number of carbonyl (C=O) groups is 1. The number of amidine groups is 1. The van der Waals surface area contributed by atoms with Gasteiger partial charge in [0.2, 0.25) is 0 Å². The van der Waals surface area contributed by atoms with Crippen LogP contribution in [0.5, 0.6) is 0 Å². The molecule has 2 rings (SSSR count). The molecule has 0 aliphatic carbocycles. The molecule has 19 heavy (non-hydrogen) atoms. The third-order valence-electron chi connectivity index (χ3n) is 2.55.